The number of rotatable bonds is 8. The van der Waals surface area contributed by atoms with E-state index in [-0.39, 0.29) is 34.8 Å². The van der Waals surface area contributed by atoms with Gasteiger partial charge in [0.25, 0.3) is 11.8 Å². The molecular formula is C22H14Br2Cl4N2O4. The quantitative estimate of drug-likeness (QED) is 0.256. The van der Waals surface area contributed by atoms with E-state index in [0.717, 1.165) is 0 Å². The lowest BCUT2D eigenvalue weighted by molar-refractivity contribution is -0.119. The predicted octanol–water partition coefficient (Wildman–Crippen LogP) is 7.86. The normalized spacial score (nSPS) is 10.5. The summed E-state index contributed by atoms with van der Waals surface area (Å²) in [7, 11) is 0. The van der Waals surface area contributed by atoms with Crippen molar-refractivity contribution in [1.29, 1.82) is 0 Å². The second kappa shape index (κ2) is 12.3. The minimum absolute atomic E-state index is 0.257. The lowest BCUT2D eigenvalue weighted by Crippen LogP contribution is -2.24. The Labute approximate surface area is 232 Å². The summed E-state index contributed by atoms with van der Waals surface area (Å²) in [6.07, 6.45) is 0. The molecule has 0 aliphatic heterocycles. The number of hydrogen-bond acceptors (Lipinski definition) is 4. The van der Waals surface area contributed by atoms with Crippen molar-refractivity contribution in [3.05, 3.63) is 77.6 Å². The van der Waals surface area contributed by atoms with Crippen molar-refractivity contribution in [2.75, 3.05) is 23.8 Å². The number of nitrogens with one attached hydrogen (secondary N) is 2. The van der Waals surface area contributed by atoms with Gasteiger partial charge in [0.2, 0.25) is 0 Å². The molecule has 0 unspecified atom stereocenters. The molecule has 2 amide bonds. The molecule has 12 heteroatoms. The number of amides is 2. The molecule has 3 rings (SSSR count). The highest BCUT2D eigenvalue weighted by molar-refractivity contribution is 9.11. The topological polar surface area (TPSA) is 76.7 Å². The molecule has 0 radical (unpaired) electrons. The Bertz CT molecular complexity index is 1100. The Balaban J connectivity index is 1.60. The van der Waals surface area contributed by atoms with Gasteiger partial charge in [-0.15, -0.1) is 0 Å². The maximum atomic E-state index is 12.4. The molecule has 0 fully saturated rings. The van der Waals surface area contributed by atoms with Crippen LogP contribution in [-0.4, -0.2) is 25.0 Å². The van der Waals surface area contributed by atoms with E-state index in [2.05, 4.69) is 42.5 Å². The van der Waals surface area contributed by atoms with Crippen molar-refractivity contribution in [2.24, 2.45) is 0 Å². The first-order chi connectivity index (χ1) is 16.1. The highest BCUT2D eigenvalue weighted by atomic mass is 79.9. The zero-order chi connectivity index (χ0) is 24.8. The van der Waals surface area contributed by atoms with Crippen molar-refractivity contribution in [3.8, 4) is 11.5 Å². The van der Waals surface area contributed by atoms with Crippen molar-refractivity contribution in [2.45, 2.75) is 0 Å². The zero-order valence-corrected chi connectivity index (χ0v) is 23.1. The van der Waals surface area contributed by atoms with Crippen molar-refractivity contribution >= 4 is 101 Å². The fourth-order valence-corrected chi connectivity index (χ4v) is 5.42. The van der Waals surface area contributed by atoms with E-state index >= 15 is 0 Å². The highest BCUT2D eigenvalue weighted by Gasteiger charge is 2.15. The van der Waals surface area contributed by atoms with Gasteiger partial charge in [-0.25, -0.2) is 0 Å². The largest absolute Gasteiger partial charge is 0.481 e. The number of ether oxygens (including phenoxy) is 2. The second-order valence-corrected chi connectivity index (χ2v) is 10.0. The average molecular weight is 672 g/mol. The molecule has 0 aromatic heterocycles. The first-order valence-corrected chi connectivity index (χ1v) is 12.5. The molecule has 2 N–H and O–H groups in total. The lowest BCUT2D eigenvalue weighted by atomic mass is 10.2. The molecular weight excluding hydrogens is 658 g/mol. The molecule has 34 heavy (non-hydrogen) atoms. The van der Waals surface area contributed by atoms with Crippen LogP contribution in [0.25, 0.3) is 0 Å². The molecule has 0 heterocycles. The van der Waals surface area contributed by atoms with E-state index in [9.17, 15) is 9.59 Å². The van der Waals surface area contributed by atoms with Gasteiger partial charge >= 0.3 is 0 Å². The van der Waals surface area contributed by atoms with Crippen molar-refractivity contribution in [3.63, 3.8) is 0 Å². The first kappa shape index (κ1) is 26.9. The number of anilines is 2. The Hall–Kier alpha value is -1.68. The van der Waals surface area contributed by atoms with Gasteiger partial charge in [-0.2, -0.15) is 0 Å². The van der Waals surface area contributed by atoms with Crippen LogP contribution < -0.4 is 20.1 Å². The number of para-hydroxylation sites is 2. The molecule has 3 aromatic carbocycles. The molecule has 0 saturated heterocycles. The van der Waals surface area contributed by atoms with E-state index in [0.29, 0.717) is 30.4 Å². The maximum absolute atomic E-state index is 12.4. The Morgan fingerprint density at radius 3 is 1.44 bits per heavy atom. The van der Waals surface area contributed by atoms with Crippen LogP contribution in [0.1, 0.15) is 0 Å². The van der Waals surface area contributed by atoms with E-state index in [4.69, 9.17) is 55.9 Å². The molecule has 0 saturated carbocycles. The lowest BCUT2D eigenvalue weighted by Gasteiger charge is -2.14. The van der Waals surface area contributed by atoms with E-state index in [1.807, 2.05) is 0 Å². The predicted molar refractivity (Wildman–Crippen MR) is 143 cm³/mol. The summed E-state index contributed by atoms with van der Waals surface area (Å²) < 4.78 is 12.0. The third kappa shape index (κ3) is 7.41. The molecule has 0 atom stereocenters. The minimum atomic E-state index is -0.465. The van der Waals surface area contributed by atoms with Crippen LogP contribution >= 0.6 is 78.3 Å². The van der Waals surface area contributed by atoms with E-state index in [1.165, 1.54) is 12.1 Å². The molecule has 0 aliphatic carbocycles. The van der Waals surface area contributed by atoms with Gasteiger partial charge in [-0.05, 0) is 68.3 Å². The molecule has 6 nitrogen and oxygen atoms in total. The summed E-state index contributed by atoms with van der Waals surface area (Å²) in [6.45, 7) is -0.650. The number of carbonyl (C=O) groups is 2. The van der Waals surface area contributed by atoms with Gasteiger partial charge in [-0.3, -0.25) is 9.59 Å². The standard InChI is InChI=1S/C22H14Br2Cl4N2O4/c23-13-5-11(25)7-15(27)21(13)33-9-19(31)29-17-3-1-2-4-18(17)30-20(32)10-34-22-14(24)6-12(26)8-16(22)28/h1-8H,9-10H2,(H,29,31)(H,30,32). The summed E-state index contributed by atoms with van der Waals surface area (Å²) in [6, 6.07) is 12.9. The van der Waals surface area contributed by atoms with Gasteiger partial charge in [0.1, 0.15) is 0 Å². The summed E-state index contributed by atoms with van der Waals surface area (Å²) >= 11 is 30.7. The Morgan fingerprint density at radius 1 is 0.706 bits per heavy atom. The zero-order valence-electron chi connectivity index (χ0n) is 16.9. The van der Waals surface area contributed by atoms with Crippen molar-refractivity contribution in [1.82, 2.24) is 0 Å². The third-order valence-corrected chi connectivity index (χ3v) is 6.27. The van der Waals surface area contributed by atoms with Crippen LogP contribution in [0.5, 0.6) is 11.5 Å². The maximum Gasteiger partial charge on any atom is 0.262 e. The van der Waals surface area contributed by atoms with Crippen LogP contribution in [0.2, 0.25) is 20.1 Å². The average Bonchev–Trinajstić information content (AvgIpc) is 2.73. The number of halogens is 6. The number of benzene rings is 3. The third-order valence-electron chi connectivity index (χ3n) is 4.10. The SMILES string of the molecule is O=C(COc1c(Cl)cc(Cl)cc1Br)Nc1ccccc1NC(=O)COc1c(Cl)cc(Cl)cc1Br. The van der Waals surface area contributed by atoms with Crippen LogP contribution in [0.15, 0.2) is 57.5 Å². The fraction of sp³-hybridized carbons (Fsp3) is 0.0909. The molecule has 0 aliphatic rings. The summed E-state index contributed by atoms with van der Waals surface area (Å²) in [4.78, 5) is 24.9. The monoisotopic (exact) mass is 668 g/mol. The fourth-order valence-electron chi connectivity index (χ4n) is 2.68. The minimum Gasteiger partial charge on any atom is -0.481 e. The van der Waals surface area contributed by atoms with Crippen LogP contribution in [0, 0.1) is 0 Å². The van der Waals surface area contributed by atoms with Crippen molar-refractivity contribution < 1.29 is 19.1 Å². The number of carbonyl (C=O) groups excluding carboxylic acids is 2. The molecule has 0 bridgehead atoms. The second-order valence-electron chi connectivity index (χ2n) is 6.62. The summed E-state index contributed by atoms with van der Waals surface area (Å²) in [5.74, 6) is -0.362. The Kier molecular flexibility index (Phi) is 9.76. The summed E-state index contributed by atoms with van der Waals surface area (Å²) in [5, 5.41) is 6.74. The van der Waals surface area contributed by atoms with Gasteiger partial charge in [0.05, 0.1) is 30.4 Å². The summed E-state index contributed by atoms with van der Waals surface area (Å²) in [5.41, 5.74) is 0.743. The van der Waals surface area contributed by atoms with Gasteiger partial charge in [0, 0.05) is 10.0 Å². The first-order valence-electron chi connectivity index (χ1n) is 9.37. The molecule has 0 spiro atoms. The number of hydrogen-bond donors (Lipinski definition) is 2. The van der Waals surface area contributed by atoms with Crippen LogP contribution in [0.4, 0.5) is 11.4 Å². The smallest absolute Gasteiger partial charge is 0.262 e. The van der Waals surface area contributed by atoms with E-state index < -0.39 is 11.8 Å². The van der Waals surface area contributed by atoms with Crippen LogP contribution in [0.3, 0.4) is 0 Å². The molecule has 178 valence electrons. The Morgan fingerprint density at radius 2 is 1.09 bits per heavy atom. The highest BCUT2D eigenvalue weighted by Crippen LogP contribution is 2.37. The van der Waals surface area contributed by atoms with E-state index in [1.54, 1.807) is 36.4 Å². The molecule has 3 aromatic rings. The van der Waals surface area contributed by atoms with Crippen LogP contribution in [-0.2, 0) is 9.59 Å². The van der Waals surface area contributed by atoms with Gasteiger partial charge < -0.3 is 20.1 Å². The van der Waals surface area contributed by atoms with Gasteiger partial charge in [-0.1, -0.05) is 58.5 Å². The van der Waals surface area contributed by atoms with Gasteiger partial charge in [0.15, 0.2) is 24.7 Å².